The normalized spacial score (nSPS) is 21.8. The number of nitrogens with zero attached hydrogens (tertiary/aromatic N) is 4. The number of carbonyl (C=O) groups excluding carboxylic acids is 2. The van der Waals surface area contributed by atoms with Crippen molar-refractivity contribution in [2.24, 2.45) is 0 Å². The highest BCUT2D eigenvalue weighted by molar-refractivity contribution is 5.89. The van der Waals surface area contributed by atoms with Gasteiger partial charge in [0.15, 0.2) is 24.2 Å². The van der Waals surface area contributed by atoms with Gasteiger partial charge in [0.1, 0.15) is 18.2 Å². The Hall–Kier alpha value is -4.24. The molecule has 4 rings (SSSR count). The average Bonchev–Trinajstić information content (AvgIpc) is 3.25. The standard InChI is InChI=1S/C22H20FN5O6/c1-3-9-27-14-10-25-21(24)26-18(14)28(22(27)31)19-17(33-12(2)29)16(23)15(34-19)11-32-20(30)13-7-5-4-6-8-13/h1,4-8,10,15-17,19H,9,11H2,2H3,(H2,24,25,26)/t15-,16-,17-,19-/m1/s1. The van der Waals surface area contributed by atoms with Crippen LogP contribution in [0.3, 0.4) is 0 Å². The van der Waals surface area contributed by atoms with Crippen LogP contribution >= 0.6 is 0 Å². The molecule has 34 heavy (non-hydrogen) atoms. The van der Waals surface area contributed by atoms with Gasteiger partial charge in [0.05, 0.1) is 18.3 Å². The van der Waals surface area contributed by atoms with E-state index < -0.39 is 48.8 Å². The van der Waals surface area contributed by atoms with Crippen molar-refractivity contribution in [2.45, 2.75) is 38.1 Å². The first-order valence-electron chi connectivity index (χ1n) is 10.2. The number of imidazole rings is 1. The van der Waals surface area contributed by atoms with E-state index in [0.717, 1.165) is 11.5 Å². The fourth-order valence-corrected chi connectivity index (χ4v) is 3.71. The zero-order valence-corrected chi connectivity index (χ0v) is 18.0. The third kappa shape index (κ3) is 4.20. The molecule has 4 atom stereocenters. The highest BCUT2D eigenvalue weighted by atomic mass is 19.1. The Kier molecular flexibility index (Phi) is 6.29. The molecule has 0 bridgehead atoms. The number of hydrogen-bond donors (Lipinski definition) is 1. The average molecular weight is 469 g/mol. The molecule has 1 aromatic carbocycles. The molecule has 3 heterocycles. The fraction of sp³-hybridized carbons (Fsp3) is 0.318. The van der Waals surface area contributed by atoms with E-state index in [-0.39, 0.29) is 29.2 Å². The molecular formula is C22H20FN5O6. The lowest BCUT2D eigenvalue weighted by Crippen LogP contribution is -2.37. The van der Waals surface area contributed by atoms with Crippen molar-refractivity contribution in [3.8, 4) is 12.3 Å². The van der Waals surface area contributed by atoms with Crippen LogP contribution in [0.4, 0.5) is 10.3 Å². The molecule has 0 unspecified atom stereocenters. The van der Waals surface area contributed by atoms with E-state index in [1.54, 1.807) is 30.3 Å². The van der Waals surface area contributed by atoms with E-state index in [9.17, 15) is 14.4 Å². The number of rotatable bonds is 6. The van der Waals surface area contributed by atoms with Crippen molar-refractivity contribution < 1.29 is 28.2 Å². The zero-order chi connectivity index (χ0) is 24.4. The minimum atomic E-state index is -1.92. The largest absolute Gasteiger partial charge is 0.459 e. The first-order chi connectivity index (χ1) is 16.3. The van der Waals surface area contributed by atoms with Crippen LogP contribution < -0.4 is 11.4 Å². The van der Waals surface area contributed by atoms with Gasteiger partial charge < -0.3 is 19.9 Å². The highest BCUT2D eigenvalue weighted by Crippen LogP contribution is 2.35. The second-order valence-electron chi connectivity index (χ2n) is 7.43. The highest BCUT2D eigenvalue weighted by Gasteiger charge is 2.50. The number of terminal acetylenes is 1. The number of esters is 2. The number of aromatic nitrogens is 4. The fourth-order valence-electron chi connectivity index (χ4n) is 3.71. The summed E-state index contributed by atoms with van der Waals surface area (Å²) in [6, 6.07) is 8.12. The summed E-state index contributed by atoms with van der Waals surface area (Å²) in [5, 5.41) is 0. The number of fused-ring (bicyclic) bond motifs is 1. The van der Waals surface area contributed by atoms with E-state index >= 15 is 4.39 Å². The van der Waals surface area contributed by atoms with Crippen LogP contribution in [0.5, 0.6) is 0 Å². The van der Waals surface area contributed by atoms with Gasteiger partial charge in [-0.25, -0.2) is 23.5 Å². The summed E-state index contributed by atoms with van der Waals surface area (Å²) in [5.74, 6) is 0.721. The second kappa shape index (κ2) is 9.32. The van der Waals surface area contributed by atoms with Crippen molar-refractivity contribution in [3.05, 3.63) is 52.6 Å². The number of nitrogen functional groups attached to an aromatic ring is 1. The number of alkyl halides is 1. The Morgan fingerprint density at radius 3 is 2.74 bits per heavy atom. The molecule has 176 valence electrons. The van der Waals surface area contributed by atoms with Gasteiger partial charge in [0.25, 0.3) is 0 Å². The SMILES string of the molecule is C#CCn1c(=O)n([C@@H]2O[C@H](COC(=O)c3ccccc3)[C@@H](F)[C@H]2OC(C)=O)c2nc(N)ncc21. The molecule has 1 aliphatic heterocycles. The van der Waals surface area contributed by atoms with Crippen LogP contribution in [-0.4, -0.2) is 56.0 Å². The molecule has 0 amide bonds. The van der Waals surface area contributed by atoms with Crippen LogP contribution in [0, 0.1) is 12.3 Å². The minimum absolute atomic E-state index is 0.0176. The summed E-state index contributed by atoms with van der Waals surface area (Å²) < 4.78 is 33.6. The van der Waals surface area contributed by atoms with E-state index in [4.69, 9.17) is 26.4 Å². The van der Waals surface area contributed by atoms with E-state index in [0.29, 0.717) is 0 Å². The molecule has 2 aromatic heterocycles. The summed E-state index contributed by atoms with van der Waals surface area (Å²) in [6.07, 6.45) is 0.458. The molecule has 1 aliphatic rings. The maximum absolute atomic E-state index is 15.4. The van der Waals surface area contributed by atoms with Crippen molar-refractivity contribution in [1.29, 1.82) is 0 Å². The van der Waals surface area contributed by atoms with Crippen molar-refractivity contribution in [1.82, 2.24) is 19.1 Å². The van der Waals surface area contributed by atoms with Crippen LogP contribution in [0.2, 0.25) is 0 Å². The molecule has 0 spiro atoms. The van der Waals surface area contributed by atoms with Crippen LogP contribution in [-0.2, 0) is 25.5 Å². The van der Waals surface area contributed by atoms with Crippen LogP contribution in [0.1, 0.15) is 23.5 Å². The Morgan fingerprint density at radius 1 is 1.32 bits per heavy atom. The zero-order valence-electron chi connectivity index (χ0n) is 18.0. The second-order valence-corrected chi connectivity index (χ2v) is 7.43. The molecule has 11 nitrogen and oxygen atoms in total. The topological polar surface area (TPSA) is 141 Å². The third-order valence-electron chi connectivity index (χ3n) is 5.18. The summed E-state index contributed by atoms with van der Waals surface area (Å²) in [6.45, 7) is 0.479. The number of benzene rings is 1. The Bertz CT molecular complexity index is 1330. The van der Waals surface area contributed by atoms with Crippen LogP contribution in [0.25, 0.3) is 11.2 Å². The van der Waals surface area contributed by atoms with E-state index in [2.05, 4.69) is 15.9 Å². The van der Waals surface area contributed by atoms with Gasteiger partial charge in [-0.3, -0.25) is 9.36 Å². The molecule has 3 aromatic rings. The summed E-state index contributed by atoms with van der Waals surface area (Å²) >= 11 is 0. The van der Waals surface area contributed by atoms with Crippen molar-refractivity contribution >= 4 is 29.1 Å². The van der Waals surface area contributed by atoms with Gasteiger partial charge in [0, 0.05) is 6.92 Å². The molecule has 0 radical (unpaired) electrons. The molecule has 1 saturated heterocycles. The molecule has 0 saturated carbocycles. The number of halogens is 1. The van der Waals surface area contributed by atoms with Gasteiger partial charge in [0.2, 0.25) is 5.95 Å². The van der Waals surface area contributed by atoms with Gasteiger partial charge >= 0.3 is 17.6 Å². The predicted molar refractivity (Wildman–Crippen MR) is 116 cm³/mol. The lowest BCUT2D eigenvalue weighted by Gasteiger charge is -2.19. The Labute approximate surface area is 192 Å². The number of carbonyl (C=O) groups is 2. The molecule has 12 heteroatoms. The molecule has 1 fully saturated rings. The van der Waals surface area contributed by atoms with Gasteiger partial charge in [-0.05, 0) is 12.1 Å². The van der Waals surface area contributed by atoms with Gasteiger partial charge in [-0.1, -0.05) is 24.1 Å². The quantitative estimate of drug-likeness (QED) is 0.410. The Morgan fingerprint density at radius 2 is 2.06 bits per heavy atom. The number of ether oxygens (including phenoxy) is 3. The van der Waals surface area contributed by atoms with E-state index in [1.165, 1.54) is 10.8 Å². The molecule has 0 aliphatic carbocycles. The smallest absolute Gasteiger partial charge is 0.338 e. The summed E-state index contributed by atoms with van der Waals surface area (Å²) in [5.41, 5.74) is 5.51. The monoisotopic (exact) mass is 469 g/mol. The maximum atomic E-state index is 15.4. The maximum Gasteiger partial charge on any atom is 0.338 e. The first-order valence-corrected chi connectivity index (χ1v) is 10.2. The molecular weight excluding hydrogens is 449 g/mol. The minimum Gasteiger partial charge on any atom is -0.459 e. The van der Waals surface area contributed by atoms with Gasteiger partial charge in [-0.2, -0.15) is 4.98 Å². The lowest BCUT2D eigenvalue weighted by atomic mass is 10.1. The molecule has 2 N–H and O–H groups in total. The van der Waals surface area contributed by atoms with Crippen molar-refractivity contribution in [3.63, 3.8) is 0 Å². The number of anilines is 1. The summed E-state index contributed by atoms with van der Waals surface area (Å²) in [7, 11) is 0. The van der Waals surface area contributed by atoms with Gasteiger partial charge in [-0.15, -0.1) is 6.42 Å². The third-order valence-corrected chi connectivity index (χ3v) is 5.18. The number of hydrogen-bond acceptors (Lipinski definition) is 9. The van der Waals surface area contributed by atoms with Crippen LogP contribution in [0.15, 0.2) is 41.3 Å². The lowest BCUT2D eigenvalue weighted by molar-refractivity contribution is -0.154. The van der Waals surface area contributed by atoms with Crippen molar-refractivity contribution in [2.75, 3.05) is 12.3 Å². The Balaban J connectivity index is 1.69. The predicted octanol–water partition coefficient (Wildman–Crippen LogP) is 0.833. The van der Waals surface area contributed by atoms with E-state index in [1.807, 2.05) is 0 Å². The number of nitrogens with two attached hydrogens (primary N) is 1. The summed E-state index contributed by atoms with van der Waals surface area (Å²) in [4.78, 5) is 45.1. The first kappa shape index (κ1) is 22.9.